The standard InChI is InChI=1S/C21H22N2O2/c1-14-6-5-7-18(10-14)13-25-19-8-9-23(20(24)11-19)21-15(2)12-22-17(4)16(21)3/h5-12H,13H2,1-4H3. The lowest BCUT2D eigenvalue weighted by Gasteiger charge is -2.14. The zero-order valence-electron chi connectivity index (χ0n) is 15.0. The molecule has 128 valence electrons. The molecule has 4 nitrogen and oxygen atoms in total. The molecule has 0 fully saturated rings. The van der Waals surface area contributed by atoms with Gasteiger partial charge in [-0.05, 0) is 50.5 Å². The molecule has 3 rings (SSSR count). The predicted molar refractivity (Wildman–Crippen MR) is 99.6 cm³/mol. The largest absolute Gasteiger partial charge is 0.489 e. The molecule has 0 aliphatic rings. The van der Waals surface area contributed by atoms with E-state index in [9.17, 15) is 4.79 Å². The fraction of sp³-hybridized carbons (Fsp3) is 0.238. The molecule has 0 amide bonds. The average molecular weight is 334 g/mol. The summed E-state index contributed by atoms with van der Waals surface area (Å²) in [6, 6.07) is 11.5. The number of aryl methyl sites for hydroxylation is 3. The molecule has 3 aromatic rings. The fourth-order valence-corrected chi connectivity index (χ4v) is 2.89. The summed E-state index contributed by atoms with van der Waals surface area (Å²) in [6.07, 6.45) is 3.56. The van der Waals surface area contributed by atoms with Crippen LogP contribution >= 0.6 is 0 Å². The Bertz CT molecular complexity index is 974. The zero-order valence-corrected chi connectivity index (χ0v) is 15.0. The minimum Gasteiger partial charge on any atom is -0.489 e. The van der Waals surface area contributed by atoms with Crippen LogP contribution in [0.5, 0.6) is 5.75 Å². The van der Waals surface area contributed by atoms with Crippen molar-refractivity contribution in [1.29, 1.82) is 0 Å². The number of hydrogen-bond donors (Lipinski definition) is 0. The van der Waals surface area contributed by atoms with Crippen molar-refractivity contribution in [2.75, 3.05) is 0 Å². The first-order chi connectivity index (χ1) is 12.0. The van der Waals surface area contributed by atoms with Crippen LogP contribution in [0.1, 0.15) is 27.9 Å². The van der Waals surface area contributed by atoms with Crippen molar-refractivity contribution in [3.63, 3.8) is 0 Å². The lowest BCUT2D eigenvalue weighted by atomic mass is 10.1. The molecule has 25 heavy (non-hydrogen) atoms. The van der Waals surface area contributed by atoms with Crippen molar-refractivity contribution in [2.24, 2.45) is 0 Å². The van der Waals surface area contributed by atoms with Crippen molar-refractivity contribution in [2.45, 2.75) is 34.3 Å². The maximum atomic E-state index is 12.6. The average Bonchev–Trinajstić information content (AvgIpc) is 2.58. The fourth-order valence-electron chi connectivity index (χ4n) is 2.89. The number of pyridine rings is 2. The van der Waals surface area contributed by atoms with E-state index in [-0.39, 0.29) is 5.56 Å². The Morgan fingerprint density at radius 3 is 2.60 bits per heavy atom. The van der Waals surface area contributed by atoms with Crippen molar-refractivity contribution >= 4 is 0 Å². The highest BCUT2D eigenvalue weighted by Crippen LogP contribution is 2.20. The lowest BCUT2D eigenvalue weighted by molar-refractivity contribution is 0.305. The molecule has 0 atom stereocenters. The van der Waals surface area contributed by atoms with Gasteiger partial charge in [-0.2, -0.15) is 0 Å². The summed E-state index contributed by atoms with van der Waals surface area (Å²) in [7, 11) is 0. The molecule has 2 aromatic heterocycles. The first-order valence-electron chi connectivity index (χ1n) is 8.30. The molecule has 0 saturated carbocycles. The van der Waals surface area contributed by atoms with E-state index in [1.54, 1.807) is 17.0 Å². The summed E-state index contributed by atoms with van der Waals surface area (Å²) in [5, 5.41) is 0. The third kappa shape index (κ3) is 3.63. The molecule has 0 bridgehead atoms. The lowest BCUT2D eigenvalue weighted by Crippen LogP contribution is -2.19. The molecular formula is C21H22N2O2. The van der Waals surface area contributed by atoms with Gasteiger partial charge in [0, 0.05) is 24.2 Å². The van der Waals surface area contributed by atoms with Crippen LogP contribution in [0.4, 0.5) is 0 Å². The summed E-state index contributed by atoms with van der Waals surface area (Å²) in [5.74, 6) is 0.573. The molecule has 0 N–H and O–H groups in total. The minimum atomic E-state index is -0.112. The molecule has 4 heteroatoms. The SMILES string of the molecule is Cc1cccc(COc2ccn(-c3c(C)cnc(C)c3C)c(=O)c2)c1. The Morgan fingerprint density at radius 2 is 1.88 bits per heavy atom. The molecule has 0 spiro atoms. The number of aromatic nitrogens is 2. The van der Waals surface area contributed by atoms with Crippen LogP contribution < -0.4 is 10.3 Å². The third-order valence-corrected chi connectivity index (χ3v) is 4.34. The van der Waals surface area contributed by atoms with E-state index < -0.39 is 0 Å². The van der Waals surface area contributed by atoms with Crippen LogP contribution in [0.2, 0.25) is 0 Å². The Kier molecular flexibility index (Phi) is 4.70. The normalized spacial score (nSPS) is 10.7. The van der Waals surface area contributed by atoms with Gasteiger partial charge in [-0.3, -0.25) is 14.3 Å². The number of nitrogens with zero attached hydrogens (tertiary/aromatic N) is 2. The highest BCUT2D eigenvalue weighted by Gasteiger charge is 2.10. The Balaban J connectivity index is 1.87. The Hall–Kier alpha value is -2.88. The van der Waals surface area contributed by atoms with E-state index in [4.69, 9.17) is 4.74 Å². The summed E-state index contributed by atoms with van der Waals surface area (Å²) in [4.78, 5) is 16.9. The first kappa shape index (κ1) is 17.0. The van der Waals surface area contributed by atoms with Crippen molar-refractivity contribution < 1.29 is 4.74 Å². The number of rotatable bonds is 4. The van der Waals surface area contributed by atoms with E-state index in [0.717, 1.165) is 28.1 Å². The van der Waals surface area contributed by atoms with Crippen molar-refractivity contribution in [3.8, 4) is 11.4 Å². The van der Waals surface area contributed by atoms with Gasteiger partial charge in [-0.25, -0.2) is 0 Å². The van der Waals surface area contributed by atoms with E-state index in [0.29, 0.717) is 12.4 Å². The van der Waals surface area contributed by atoms with Crippen LogP contribution in [-0.4, -0.2) is 9.55 Å². The second kappa shape index (κ2) is 6.93. The van der Waals surface area contributed by atoms with Gasteiger partial charge < -0.3 is 4.74 Å². The van der Waals surface area contributed by atoms with Gasteiger partial charge in [-0.1, -0.05) is 29.8 Å². The predicted octanol–water partition coefficient (Wildman–Crippen LogP) is 4.05. The van der Waals surface area contributed by atoms with Crippen LogP contribution in [0.15, 0.2) is 53.6 Å². The maximum Gasteiger partial charge on any atom is 0.258 e. The monoisotopic (exact) mass is 334 g/mol. The quantitative estimate of drug-likeness (QED) is 0.723. The van der Waals surface area contributed by atoms with Gasteiger partial charge in [-0.15, -0.1) is 0 Å². The Labute approximate surface area is 147 Å². The van der Waals surface area contributed by atoms with Gasteiger partial charge in [0.1, 0.15) is 12.4 Å². The van der Waals surface area contributed by atoms with Crippen LogP contribution in [0.3, 0.4) is 0 Å². The highest BCUT2D eigenvalue weighted by molar-refractivity contribution is 5.48. The maximum absolute atomic E-state index is 12.6. The molecule has 0 aliphatic heterocycles. The van der Waals surface area contributed by atoms with E-state index >= 15 is 0 Å². The molecule has 2 heterocycles. The molecule has 0 aliphatic carbocycles. The molecule has 0 unspecified atom stereocenters. The van der Waals surface area contributed by atoms with Crippen molar-refractivity contribution in [3.05, 3.63) is 87.1 Å². The minimum absolute atomic E-state index is 0.112. The number of benzene rings is 1. The topological polar surface area (TPSA) is 44.1 Å². The van der Waals surface area contributed by atoms with Gasteiger partial charge >= 0.3 is 0 Å². The number of hydrogen-bond acceptors (Lipinski definition) is 3. The first-order valence-corrected chi connectivity index (χ1v) is 8.30. The smallest absolute Gasteiger partial charge is 0.258 e. The van der Waals surface area contributed by atoms with Crippen molar-refractivity contribution in [1.82, 2.24) is 9.55 Å². The summed E-state index contributed by atoms with van der Waals surface area (Å²) in [5.41, 5.74) is 5.96. The van der Waals surface area contributed by atoms with Crippen LogP contribution in [-0.2, 0) is 6.61 Å². The van der Waals surface area contributed by atoms with Gasteiger partial charge in [0.05, 0.1) is 5.69 Å². The molecule has 0 saturated heterocycles. The van der Waals surface area contributed by atoms with Gasteiger partial charge in [0.2, 0.25) is 0 Å². The summed E-state index contributed by atoms with van der Waals surface area (Å²) in [6.45, 7) is 8.38. The highest BCUT2D eigenvalue weighted by atomic mass is 16.5. The van der Waals surface area contributed by atoms with Gasteiger partial charge in [0.15, 0.2) is 0 Å². The summed E-state index contributed by atoms with van der Waals surface area (Å²) < 4.78 is 7.43. The summed E-state index contributed by atoms with van der Waals surface area (Å²) >= 11 is 0. The number of ether oxygens (including phenoxy) is 1. The van der Waals surface area contributed by atoms with E-state index in [1.165, 1.54) is 11.6 Å². The second-order valence-corrected chi connectivity index (χ2v) is 6.35. The molecular weight excluding hydrogens is 312 g/mol. The zero-order chi connectivity index (χ0) is 18.0. The van der Waals surface area contributed by atoms with Gasteiger partial charge in [0.25, 0.3) is 5.56 Å². The molecule has 1 aromatic carbocycles. The Morgan fingerprint density at radius 1 is 1.08 bits per heavy atom. The third-order valence-electron chi connectivity index (χ3n) is 4.34. The second-order valence-electron chi connectivity index (χ2n) is 6.35. The van der Waals surface area contributed by atoms with E-state index in [1.807, 2.05) is 52.0 Å². The molecule has 0 radical (unpaired) electrons. The van der Waals surface area contributed by atoms with Crippen LogP contribution in [0, 0.1) is 27.7 Å². The van der Waals surface area contributed by atoms with Crippen LogP contribution in [0.25, 0.3) is 5.69 Å². The van der Waals surface area contributed by atoms with E-state index in [2.05, 4.69) is 11.1 Å².